The molecule has 2 aromatic rings. The summed E-state index contributed by atoms with van der Waals surface area (Å²) >= 11 is 1.24. The highest BCUT2D eigenvalue weighted by atomic mass is 32.2. The predicted molar refractivity (Wildman–Crippen MR) is 75.3 cm³/mol. The summed E-state index contributed by atoms with van der Waals surface area (Å²) in [5, 5.41) is 9.52. The minimum Gasteiger partial charge on any atom is -0.481 e. The maximum atomic E-state index is 10.7. The van der Waals surface area contributed by atoms with E-state index in [1.165, 1.54) is 11.8 Å². The third kappa shape index (κ3) is 3.47. The number of hydrogen-bond acceptors (Lipinski definition) is 4. The smallest absolute Gasteiger partial charge is 0.313 e. The number of fused-ring (bicyclic) bond motifs is 1. The number of aromatic nitrogens is 3. The van der Waals surface area contributed by atoms with Crippen LogP contribution in [0.15, 0.2) is 23.5 Å². The maximum Gasteiger partial charge on any atom is 0.313 e. The Hall–Kier alpha value is -1.56. The molecule has 5 nitrogen and oxygen atoms in total. The summed E-state index contributed by atoms with van der Waals surface area (Å²) in [6.45, 7) is 5.14. The molecule has 0 aliphatic heterocycles. The van der Waals surface area contributed by atoms with Gasteiger partial charge in [-0.25, -0.2) is 9.97 Å². The number of hydrogen-bond donors (Lipinski definition) is 1. The van der Waals surface area contributed by atoms with Crippen LogP contribution in [0.2, 0.25) is 0 Å². The second-order valence-corrected chi connectivity index (χ2v) is 5.70. The maximum absolute atomic E-state index is 10.7. The van der Waals surface area contributed by atoms with Crippen LogP contribution in [0.5, 0.6) is 0 Å². The molecule has 102 valence electrons. The van der Waals surface area contributed by atoms with Gasteiger partial charge in [-0.05, 0) is 24.5 Å². The molecular weight excluding hydrogens is 262 g/mol. The van der Waals surface area contributed by atoms with Gasteiger partial charge in [0.15, 0.2) is 10.8 Å². The third-order valence-electron chi connectivity index (χ3n) is 2.72. The van der Waals surface area contributed by atoms with Crippen molar-refractivity contribution in [2.45, 2.75) is 32.0 Å². The van der Waals surface area contributed by atoms with Crippen LogP contribution in [0, 0.1) is 5.92 Å². The van der Waals surface area contributed by atoms with Crippen LogP contribution in [0.3, 0.4) is 0 Å². The van der Waals surface area contributed by atoms with E-state index in [2.05, 4.69) is 23.8 Å². The minimum absolute atomic E-state index is 0.0188. The second kappa shape index (κ2) is 6.06. The fourth-order valence-corrected chi connectivity index (χ4v) is 2.51. The molecule has 0 unspecified atom stereocenters. The molecule has 6 heteroatoms. The Labute approximate surface area is 116 Å². The number of imidazole rings is 1. The Morgan fingerprint density at radius 3 is 3.00 bits per heavy atom. The lowest BCUT2D eigenvalue weighted by Crippen LogP contribution is -2.06. The number of rotatable bonds is 6. The molecule has 0 fully saturated rings. The topological polar surface area (TPSA) is 68.0 Å². The number of nitrogens with zero attached hydrogens (tertiary/aromatic N) is 3. The summed E-state index contributed by atoms with van der Waals surface area (Å²) in [6, 6.07) is 3.74. The summed E-state index contributed by atoms with van der Waals surface area (Å²) < 4.78 is 2.02. The van der Waals surface area contributed by atoms with Crippen LogP contribution in [0.25, 0.3) is 11.2 Å². The highest BCUT2D eigenvalue weighted by molar-refractivity contribution is 7.99. The van der Waals surface area contributed by atoms with Gasteiger partial charge in [-0.1, -0.05) is 25.6 Å². The number of thioether (sulfide) groups is 1. The van der Waals surface area contributed by atoms with E-state index in [1.807, 2.05) is 16.7 Å². The van der Waals surface area contributed by atoms with E-state index in [0.29, 0.717) is 5.92 Å². The average molecular weight is 279 g/mol. The first-order valence-corrected chi connectivity index (χ1v) is 7.22. The van der Waals surface area contributed by atoms with E-state index in [-0.39, 0.29) is 5.75 Å². The van der Waals surface area contributed by atoms with E-state index >= 15 is 0 Å². The SMILES string of the molecule is CC(C)CCn1c(SCC(=O)O)nc2cccnc21. The molecule has 2 heterocycles. The zero-order valence-corrected chi connectivity index (χ0v) is 11.9. The lowest BCUT2D eigenvalue weighted by Gasteiger charge is -2.09. The van der Waals surface area contributed by atoms with Crippen LogP contribution in [-0.2, 0) is 11.3 Å². The van der Waals surface area contributed by atoms with Crippen molar-refractivity contribution in [1.29, 1.82) is 0 Å². The summed E-state index contributed by atoms with van der Waals surface area (Å²) in [5.41, 5.74) is 1.65. The lowest BCUT2D eigenvalue weighted by molar-refractivity contribution is -0.133. The summed E-state index contributed by atoms with van der Waals surface area (Å²) in [6.07, 6.45) is 2.75. The lowest BCUT2D eigenvalue weighted by atomic mass is 10.1. The molecule has 1 N–H and O–H groups in total. The molecule has 0 aliphatic rings. The number of carbonyl (C=O) groups is 1. The van der Waals surface area contributed by atoms with Gasteiger partial charge in [0.2, 0.25) is 0 Å². The Morgan fingerprint density at radius 2 is 2.32 bits per heavy atom. The van der Waals surface area contributed by atoms with Gasteiger partial charge in [0.05, 0.1) is 5.75 Å². The number of aliphatic carboxylic acids is 1. The van der Waals surface area contributed by atoms with Crippen molar-refractivity contribution < 1.29 is 9.90 Å². The Morgan fingerprint density at radius 1 is 1.53 bits per heavy atom. The monoisotopic (exact) mass is 279 g/mol. The molecule has 0 aromatic carbocycles. The first-order valence-electron chi connectivity index (χ1n) is 6.23. The number of aryl methyl sites for hydroxylation is 1. The molecule has 0 bridgehead atoms. The zero-order valence-electron chi connectivity index (χ0n) is 11.0. The van der Waals surface area contributed by atoms with Crippen LogP contribution < -0.4 is 0 Å². The molecule has 0 atom stereocenters. The number of carboxylic acids is 1. The van der Waals surface area contributed by atoms with Gasteiger partial charge in [-0.2, -0.15) is 0 Å². The fraction of sp³-hybridized carbons (Fsp3) is 0.462. The van der Waals surface area contributed by atoms with Gasteiger partial charge in [0.25, 0.3) is 0 Å². The normalized spacial score (nSPS) is 11.3. The number of pyridine rings is 1. The van der Waals surface area contributed by atoms with E-state index < -0.39 is 5.97 Å². The molecule has 0 spiro atoms. The summed E-state index contributed by atoms with van der Waals surface area (Å²) in [7, 11) is 0. The van der Waals surface area contributed by atoms with Crippen molar-refractivity contribution in [2.75, 3.05) is 5.75 Å². The van der Waals surface area contributed by atoms with Gasteiger partial charge in [-0.15, -0.1) is 0 Å². The van der Waals surface area contributed by atoms with Crippen molar-refractivity contribution >= 4 is 28.9 Å². The molecule has 2 aromatic heterocycles. The van der Waals surface area contributed by atoms with Crippen LogP contribution >= 0.6 is 11.8 Å². The van der Waals surface area contributed by atoms with Crippen LogP contribution in [0.4, 0.5) is 0 Å². The van der Waals surface area contributed by atoms with Crippen LogP contribution in [0.1, 0.15) is 20.3 Å². The van der Waals surface area contributed by atoms with E-state index in [0.717, 1.165) is 29.3 Å². The highest BCUT2D eigenvalue weighted by Gasteiger charge is 2.13. The quantitative estimate of drug-likeness (QED) is 0.823. The molecule has 0 radical (unpaired) electrons. The fourth-order valence-electron chi connectivity index (χ4n) is 1.76. The second-order valence-electron chi connectivity index (χ2n) is 4.76. The highest BCUT2D eigenvalue weighted by Crippen LogP contribution is 2.23. The molecule has 0 saturated heterocycles. The molecular formula is C13H17N3O2S. The largest absolute Gasteiger partial charge is 0.481 e. The van der Waals surface area contributed by atoms with Gasteiger partial charge in [0.1, 0.15) is 5.52 Å². The van der Waals surface area contributed by atoms with Crippen molar-refractivity contribution in [3.63, 3.8) is 0 Å². The summed E-state index contributed by atoms with van der Waals surface area (Å²) in [4.78, 5) is 19.5. The van der Waals surface area contributed by atoms with Gasteiger partial charge < -0.3 is 9.67 Å². The van der Waals surface area contributed by atoms with E-state index in [4.69, 9.17) is 5.11 Å². The van der Waals surface area contributed by atoms with Crippen molar-refractivity contribution in [3.8, 4) is 0 Å². The van der Waals surface area contributed by atoms with Crippen molar-refractivity contribution in [2.24, 2.45) is 5.92 Å². The Balaban J connectivity index is 2.31. The summed E-state index contributed by atoms with van der Waals surface area (Å²) in [5.74, 6) is -0.232. The van der Waals surface area contributed by atoms with Crippen molar-refractivity contribution in [3.05, 3.63) is 18.3 Å². The Bertz CT molecular complexity index is 580. The standard InChI is InChI=1S/C13H17N3O2S/c1-9(2)5-7-16-12-10(4-3-6-14-12)15-13(16)19-8-11(17)18/h3-4,6,9H,5,7-8H2,1-2H3,(H,17,18). The van der Waals surface area contributed by atoms with E-state index in [1.54, 1.807) is 6.20 Å². The number of carboxylic acid groups (broad SMARTS) is 1. The van der Waals surface area contributed by atoms with Gasteiger partial charge in [-0.3, -0.25) is 4.79 Å². The third-order valence-corrected chi connectivity index (χ3v) is 3.68. The predicted octanol–water partition coefficient (Wildman–Crippen LogP) is 2.65. The first kappa shape index (κ1) is 13.9. The molecule has 0 aliphatic carbocycles. The molecule has 0 amide bonds. The first-order chi connectivity index (χ1) is 9.08. The van der Waals surface area contributed by atoms with Crippen LogP contribution in [-0.4, -0.2) is 31.4 Å². The molecule has 2 rings (SSSR count). The van der Waals surface area contributed by atoms with Gasteiger partial charge in [0, 0.05) is 12.7 Å². The van der Waals surface area contributed by atoms with E-state index in [9.17, 15) is 4.79 Å². The molecule has 0 saturated carbocycles. The molecule has 19 heavy (non-hydrogen) atoms. The van der Waals surface area contributed by atoms with Crippen molar-refractivity contribution in [1.82, 2.24) is 14.5 Å². The Kier molecular flexibility index (Phi) is 4.42. The van der Waals surface area contributed by atoms with Gasteiger partial charge >= 0.3 is 5.97 Å². The zero-order chi connectivity index (χ0) is 13.8. The minimum atomic E-state index is -0.833. The average Bonchev–Trinajstić information content (AvgIpc) is 2.71.